The van der Waals surface area contributed by atoms with E-state index in [0.717, 1.165) is 16.7 Å². The van der Waals surface area contributed by atoms with Crippen LogP contribution in [-0.4, -0.2) is 5.78 Å². The first-order valence-electron chi connectivity index (χ1n) is 5.22. The first-order valence-corrected chi connectivity index (χ1v) is 5.22. The van der Waals surface area contributed by atoms with Crippen LogP contribution in [0.15, 0.2) is 36.4 Å². The van der Waals surface area contributed by atoms with E-state index < -0.39 is 0 Å². The number of aryl methyl sites for hydroxylation is 1. The average Bonchev–Trinajstić information content (AvgIpc) is 2.59. The summed E-state index contributed by atoms with van der Waals surface area (Å²) in [6.07, 6.45) is 3.49. The molecule has 0 aliphatic heterocycles. The molecule has 1 aliphatic rings. The van der Waals surface area contributed by atoms with Crippen molar-refractivity contribution in [2.45, 2.75) is 20.8 Å². The summed E-state index contributed by atoms with van der Waals surface area (Å²) in [6, 6.07) is 5.90. The van der Waals surface area contributed by atoms with Crippen LogP contribution >= 0.6 is 0 Å². The van der Waals surface area contributed by atoms with Crippen molar-refractivity contribution < 1.29 is 4.79 Å². The van der Waals surface area contributed by atoms with Gasteiger partial charge in [0.05, 0.1) is 0 Å². The van der Waals surface area contributed by atoms with Crippen LogP contribution in [0.1, 0.15) is 35.3 Å². The first-order chi connectivity index (χ1) is 7.22. The van der Waals surface area contributed by atoms with Crippen molar-refractivity contribution in [3.63, 3.8) is 0 Å². The molecule has 1 aromatic carbocycles. The molecule has 0 heterocycles. The highest BCUT2D eigenvalue weighted by Crippen LogP contribution is 2.26. The molecule has 0 amide bonds. The summed E-state index contributed by atoms with van der Waals surface area (Å²) in [5, 5.41) is 0. The van der Waals surface area contributed by atoms with E-state index in [2.05, 4.69) is 6.58 Å². The lowest BCUT2D eigenvalue weighted by Crippen LogP contribution is -1.96. The van der Waals surface area contributed by atoms with Crippen molar-refractivity contribution in [2.75, 3.05) is 0 Å². The SMILES string of the molecule is C=CC1=Cc2ccc(C)cc2C1=O.CC. The van der Waals surface area contributed by atoms with Gasteiger partial charge in [-0.2, -0.15) is 0 Å². The number of rotatable bonds is 1. The second-order valence-electron chi connectivity index (χ2n) is 3.22. The zero-order valence-electron chi connectivity index (χ0n) is 9.50. The molecule has 0 spiro atoms. The number of carbonyl (C=O) groups excluding carboxylic acids is 1. The maximum absolute atomic E-state index is 11.6. The summed E-state index contributed by atoms with van der Waals surface area (Å²) in [4.78, 5) is 11.6. The minimum Gasteiger partial charge on any atom is -0.289 e. The Morgan fingerprint density at radius 1 is 1.27 bits per heavy atom. The maximum Gasteiger partial charge on any atom is 0.193 e. The minimum absolute atomic E-state index is 0.0914. The fourth-order valence-corrected chi connectivity index (χ4v) is 1.53. The highest BCUT2D eigenvalue weighted by Gasteiger charge is 2.19. The Labute approximate surface area is 91.1 Å². The number of hydrogen-bond acceptors (Lipinski definition) is 1. The third-order valence-electron chi connectivity index (χ3n) is 2.25. The van der Waals surface area contributed by atoms with E-state index in [-0.39, 0.29) is 5.78 Å². The van der Waals surface area contributed by atoms with E-state index >= 15 is 0 Å². The van der Waals surface area contributed by atoms with Gasteiger partial charge in [-0.1, -0.05) is 44.2 Å². The molecule has 0 unspecified atom stereocenters. The number of benzene rings is 1. The molecule has 0 fully saturated rings. The molecule has 0 atom stereocenters. The van der Waals surface area contributed by atoms with E-state index in [0.29, 0.717) is 5.57 Å². The van der Waals surface area contributed by atoms with E-state index in [4.69, 9.17) is 0 Å². The smallest absolute Gasteiger partial charge is 0.193 e. The number of Topliss-reactive ketones (excluding diaryl/α,β-unsaturated/α-hetero) is 1. The molecular formula is C14H16O. The van der Waals surface area contributed by atoms with Gasteiger partial charge < -0.3 is 0 Å². The average molecular weight is 200 g/mol. The third kappa shape index (κ3) is 2.07. The van der Waals surface area contributed by atoms with E-state index in [9.17, 15) is 4.79 Å². The monoisotopic (exact) mass is 200 g/mol. The number of hydrogen-bond donors (Lipinski definition) is 0. The van der Waals surface area contributed by atoms with Crippen molar-refractivity contribution in [1.29, 1.82) is 0 Å². The fourth-order valence-electron chi connectivity index (χ4n) is 1.53. The molecule has 1 nitrogen and oxygen atoms in total. The van der Waals surface area contributed by atoms with Crippen LogP contribution in [0.4, 0.5) is 0 Å². The van der Waals surface area contributed by atoms with E-state index in [1.165, 1.54) is 0 Å². The van der Waals surface area contributed by atoms with Gasteiger partial charge in [0.15, 0.2) is 5.78 Å². The number of allylic oxidation sites excluding steroid dienone is 2. The zero-order valence-corrected chi connectivity index (χ0v) is 9.50. The standard InChI is InChI=1S/C12H10O.C2H6/c1-3-9-7-10-5-4-8(2)6-11(10)12(9)13;1-2/h3-7H,1H2,2H3;1-2H3. The van der Waals surface area contributed by atoms with Gasteiger partial charge in [-0.15, -0.1) is 0 Å². The van der Waals surface area contributed by atoms with Crippen molar-refractivity contribution in [3.05, 3.63) is 53.1 Å². The quantitative estimate of drug-likeness (QED) is 0.674. The molecule has 0 aromatic heterocycles. The Bertz CT molecular complexity index is 425. The molecule has 15 heavy (non-hydrogen) atoms. The summed E-state index contributed by atoms with van der Waals surface area (Å²) in [7, 11) is 0. The van der Waals surface area contributed by atoms with Crippen molar-refractivity contribution in [2.24, 2.45) is 0 Å². The largest absolute Gasteiger partial charge is 0.289 e. The summed E-state index contributed by atoms with van der Waals surface area (Å²) in [6.45, 7) is 9.60. The molecule has 0 bridgehead atoms. The molecule has 1 heteroatoms. The lowest BCUT2D eigenvalue weighted by Gasteiger charge is -1.97. The van der Waals surface area contributed by atoms with Gasteiger partial charge in [0.25, 0.3) is 0 Å². The second-order valence-corrected chi connectivity index (χ2v) is 3.22. The Hall–Kier alpha value is -1.63. The highest BCUT2D eigenvalue weighted by atomic mass is 16.1. The van der Waals surface area contributed by atoms with Crippen LogP contribution in [0.5, 0.6) is 0 Å². The normalized spacial score (nSPS) is 12.5. The van der Waals surface area contributed by atoms with Crippen LogP contribution < -0.4 is 0 Å². The molecule has 2 rings (SSSR count). The molecule has 0 radical (unpaired) electrons. The lowest BCUT2D eigenvalue weighted by atomic mass is 10.1. The van der Waals surface area contributed by atoms with Gasteiger partial charge in [-0.25, -0.2) is 0 Å². The maximum atomic E-state index is 11.6. The summed E-state index contributed by atoms with van der Waals surface area (Å²) in [5.74, 6) is 0.0914. The third-order valence-corrected chi connectivity index (χ3v) is 2.25. The molecular weight excluding hydrogens is 184 g/mol. The van der Waals surface area contributed by atoms with Gasteiger partial charge in [-0.3, -0.25) is 4.79 Å². The Balaban J connectivity index is 0.000000531. The Morgan fingerprint density at radius 2 is 1.93 bits per heavy atom. The summed E-state index contributed by atoms with van der Waals surface area (Å²) < 4.78 is 0. The van der Waals surface area contributed by atoms with Gasteiger partial charge in [-0.05, 0) is 24.6 Å². The van der Waals surface area contributed by atoms with Crippen LogP contribution in [0.2, 0.25) is 0 Å². The molecule has 0 saturated carbocycles. The predicted molar refractivity (Wildman–Crippen MR) is 65.0 cm³/mol. The van der Waals surface area contributed by atoms with Gasteiger partial charge in [0, 0.05) is 11.1 Å². The Kier molecular flexibility index (Phi) is 3.62. The fraction of sp³-hybridized carbons (Fsp3) is 0.214. The molecule has 0 saturated heterocycles. The number of ketones is 1. The highest BCUT2D eigenvalue weighted by molar-refractivity contribution is 6.19. The lowest BCUT2D eigenvalue weighted by molar-refractivity contribution is 0.104. The van der Waals surface area contributed by atoms with E-state index in [1.54, 1.807) is 6.08 Å². The van der Waals surface area contributed by atoms with Gasteiger partial charge in [0.2, 0.25) is 0 Å². The van der Waals surface area contributed by atoms with Crippen LogP contribution in [0.25, 0.3) is 6.08 Å². The summed E-state index contributed by atoms with van der Waals surface area (Å²) in [5.41, 5.74) is 3.62. The van der Waals surface area contributed by atoms with E-state index in [1.807, 2.05) is 45.0 Å². The second kappa shape index (κ2) is 4.74. The molecule has 0 N–H and O–H groups in total. The van der Waals surface area contributed by atoms with Crippen molar-refractivity contribution >= 4 is 11.9 Å². The van der Waals surface area contributed by atoms with Crippen molar-refractivity contribution in [3.8, 4) is 0 Å². The van der Waals surface area contributed by atoms with Crippen LogP contribution in [0, 0.1) is 6.92 Å². The van der Waals surface area contributed by atoms with Gasteiger partial charge >= 0.3 is 0 Å². The predicted octanol–water partition coefficient (Wildman–Crippen LogP) is 3.79. The number of fused-ring (bicyclic) bond motifs is 1. The molecule has 1 aromatic rings. The summed E-state index contributed by atoms with van der Waals surface area (Å²) >= 11 is 0. The topological polar surface area (TPSA) is 17.1 Å². The van der Waals surface area contributed by atoms with Crippen molar-refractivity contribution in [1.82, 2.24) is 0 Å². The minimum atomic E-state index is 0.0914. The molecule has 1 aliphatic carbocycles. The van der Waals surface area contributed by atoms with Crippen LogP contribution in [0.3, 0.4) is 0 Å². The number of carbonyl (C=O) groups is 1. The molecule has 78 valence electrons. The van der Waals surface area contributed by atoms with Crippen LogP contribution in [-0.2, 0) is 0 Å². The zero-order chi connectivity index (χ0) is 11.4. The Morgan fingerprint density at radius 3 is 2.53 bits per heavy atom. The first kappa shape index (κ1) is 11.4. The van der Waals surface area contributed by atoms with Gasteiger partial charge in [0.1, 0.15) is 0 Å².